The minimum atomic E-state index is -0.0826. The maximum Gasteiger partial charge on any atom is 0.220 e. The van der Waals surface area contributed by atoms with Crippen LogP contribution in [0.5, 0.6) is 11.8 Å². The van der Waals surface area contributed by atoms with E-state index in [0.717, 1.165) is 0 Å². The van der Waals surface area contributed by atoms with Gasteiger partial charge >= 0.3 is 0 Å². The molecule has 0 fully saturated rings. The zero-order chi connectivity index (χ0) is 12.8. The Hall–Kier alpha value is -1.37. The number of thioether (sulfide) groups is 1. The Morgan fingerprint density at radius 1 is 1.24 bits per heavy atom. The van der Waals surface area contributed by atoms with Gasteiger partial charge in [0.25, 0.3) is 0 Å². The Labute approximate surface area is 105 Å². The van der Waals surface area contributed by atoms with Crippen molar-refractivity contribution in [1.82, 2.24) is 9.97 Å². The topological polar surface area (TPSA) is 80.5 Å². The molecule has 0 aliphatic heterocycles. The molecule has 7 heteroatoms. The van der Waals surface area contributed by atoms with E-state index in [1.165, 1.54) is 11.8 Å². The van der Waals surface area contributed by atoms with E-state index in [0.29, 0.717) is 16.9 Å². The largest absolute Gasteiger partial charge is 0.481 e. The average molecular weight is 256 g/mol. The lowest BCUT2D eigenvalue weighted by molar-refractivity contribution is 0.364. The van der Waals surface area contributed by atoms with E-state index in [4.69, 9.17) is 15.0 Å². The summed E-state index contributed by atoms with van der Waals surface area (Å²) in [6.07, 6.45) is 0. The normalized spacial score (nSPS) is 13.9. The molecule has 94 valence electrons. The number of nitrogens with zero attached hydrogens (tertiary/aromatic N) is 3. The number of hydrogen-bond acceptors (Lipinski definition) is 7. The van der Waals surface area contributed by atoms with Crippen molar-refractivity contribution in [2.45, 2.75) is 30.3 Å². The zero-order valence-electron chi connectivity index (χ0n) is 10.3. The van der Waals surface area contributed by atoms with Crippen molar-refractivity contribution in [3.8, 4) is 11.8 Å². The Balaban J connectivity index is 2.86. The van der Waals surface area contributed by atoms with Crippen molar-refractivity contribution in [2.75, 3.05) is 14.2 Å². The maximum atomic E-state index is 6.98. The van der Waals surface area contributed by atoms with E-state index in [1.807, 2.05) is 13.8 Å². The molecule has 0 aliphatic rings. The van der Waals surface area contributed by atoms with Gasteiger partial charge in [-0.05, 0) is 6.92 Å². The van der Waals surface area contributed by atoms with Crippen molar-refractivity contribution in [1.29, 1.82) is 5.53 Å². The quantitative estimate of drug-likeness (QED) is 0.480. The van der Waals surface area contributed by atoms with Crippen molar-refractivity contribution >= 4 is 11.8 Å². The molecule has 17 heavy (non-hydrogen) atoms. The molecule has 0 spiro atoms. The van der Waals surface area contributed by atoms with Gasteiger partial charge in [-0.3, -0.25) is 0 Å². The van der Waals surface area contributed by atoms with Crippen LogP contribution < -0.4 is 9.47 Å². The molecular weight excluding hydrogens is 240 g/mol. The van der Waals surface area contributed by atoms with Gasteiger partial charge in [0, 0.05) is 5.25 Å². The van der Waals surface area contributed by atoms with Gasteiger partial charge < -0.3 is 9.47 Å². The van der Waals surface area contributed by atoms with Gasteiger partial charge in [-0.2, -0.15) is 15.1 Å². The monoisotopic (exact) mass is 256 g/mol. The molecule has 2 atom stereocenters. The third-order valence-electron chi connectivity index (χ3n) is 2.25. The molecule has 2 unspecified atom stereocenters. The lowest BCUT2D eigenvalue weighted by Crippen LogP contribution is -2.13. The Kier molecular flexibility index (Phi) is 5.14. The van der Waals surface area contributed by atoms with E-state index >= 15 is 0 Å². The molecule has 1 heterocycles. The molecule has 0 aromatic carbocycles. The Morgan fingerprint density at radius 3 is 2.18 bits per heavy atom. The van der Waals surface area contributed by atoms with Crippen LogP contribution in [0.15, 0.2) is 16.3 Å². The van der Waals surface area contributed by atoms with Gasteiger partial charge in [-0.25, -0.2) is 5.53 Å². The number of ether oxygens (including phenoxy) is 2. The lowest BCUT2D eigenvalue weighted by atomic mass is 10.3. The number of rotatable bonds is 6. The number of hydrogen-bond donors (Lipinski definition) is 1. The fourth-order valence-electron chi connectivity index (χ4n) is 1.02. The van der Waals surface area contributed by atoms with E-state index in [9.17, 15) is 0 Å². The highest BCUT2D eigenvalue weighted by Gasteiger charge is 2.15. The summed E-state index contributed by atoms with van der Waals surface area (Å²) in [4.78, 5) is 8.41. The molecule has 1 aromatic heterocycles. The molecule has 0 radical (unpaired) electrons. The Morgan fingerprint density at radius 2 is 1.76 bits per heavy atom. The maximum absolute atomic E-state index is 6.98. The lowest BCUT2D eigenvalue weighted by Gasteiger charge is -2.13. The molecule has 0 saturated heterocycles. The summed E-state index contributed by atoms with van der Waals surface area (Å²) < 4.78 is 10.1. The summed E-state index contributed by atoms with van der Waals surface area (Å²) in [6, 6.07) is 1.54. The van der Waals surface area contributed by atoms with Crippen LogP contribution in [0, 0.1) is 5.53 Å². The predicted molar refractivity (Wildman–Crippen MR) is 65.1 cm³/mol. The third-order valence-corrected chi connectivity index (χ3v) is 3.41. The van der Waals surface area contributed by atoms with Gasteiger partial charge in [0.2, 0.25) is 11.8 Å². The first kappa shape index (κ1) is 13.7. The smallest absolute Gasteiger partial charge is 0.220 e. The predicted octanol–water partition coefficient (Wildman–Crippen LogP) is 2.39. The zero-order valence-corrected chi connectivity index (χ0v) is 11.1. The van der Waals surface area contributed by atoms with Crippen LogP contribution in [0.25, 0.3) is 0 Å². The Bertz CT molecular complexity index is 366. The second-order valence-corrected chi connectivity index (χ2v) is 4.77. The molecule has 0 aliphatic carbocycles. The molecule has 1 N–H and O–H groups in total. The third kappa shape index (κ3) is 3.85. The second-order valence-electron chi connectivity index (χ2n) is 3.43. The number of aromatic nitrogens is 2. The van der Waals surface area contributed by atoms with Crippen LogP contribution in [0.3, 0.4) is 0 Å². The van der Waals surface area contributed by atoms with Gasteiger partial charge in [0.1, 0.15) is 0 Å². The summed E-state index contributed by atoms with van der Waals surface area (Å²) in [5.41, 5.74) is 6.98. The highest BCUT2D eigenvalue weighted by molar-refractivity contribution is 7.99. The van der Waals surface area contributed by atoms with E-state index in [1.54, 1.807) is 20.3 Å². The SMILES string of the molecule is COc1cc(OC)nc(SC(C)C(C)N=N)n1. The summed E-state index contributed by atoms with van der Waals surface area (Å²) in [5.74, 6) is 0.920. The summed E-state index contributed by atoms with van der Waals surface area (Å²) >= 11 is 1.44. The first-order chi connectivity index (χ1) is 8.10. The molecule has 6 nitrogen and oxygen atoms in total. The molecule has 1 aromatic rings. The highest BCUT2D eigenvalue weighted by atomic mass is 32.2. The number of methoxy groups -OCH3 is 2. The second kappa shape index (κ2) is 6.39. The van der Waals surface area contributed by atoms with Crippen LogP contribution in [-0.4, -0.2) is 35.5 Å². The average Bonchev–Trinajstić information content (AvgIpc) is 2.36. The summed E-state index contributed by atoms with van der Waals surface area (Å²) in [5, 5.41) is 4.16. The summed E-state index contributed by atoms with van der Waals surface area (Å²) in [6.45, 7) is 3.85. The fraction of sp³-hybridized carbons (Fsp3) is 0.600. The van der Waals surface area contributed by atoms with Crippen molar-refractivity contribution in [3.05, 3.63) is 6.07 Å². The number of nitrogens with one attached hydrogen (secondary N) is 1. The van der Waals surface area contributed by atoms with Gasteiger partial charge in [0.05, 0.1) is 26.3 Å². The van der Waals surface area contributed by atoms with Gasteiger partial charge in [0.15, 0.2) is 5.16 Å². The minimum Gasteiger partial charge on any atom is -0.481 e. The van der Waals surface area contributed by atoms with E-state index in [-0.39, 0.29) is 11.3 Å². The van der Waals surface area contributed by atoms with Gasteiger partial charge in [-0.1, -0.05) is 18.7 Å². The minimum absolute atomic E-state index is 0.0826. The van der Waals surface area contributed by atoms with Crippen LogP contribution in [0.4, 0.5) is 0 Å². The van der Waals surface area contributed by atoms with Crippen molar-refractivity contribution in [2.24, 2.45) is 5.11 Å². The molecule has 0 amide bonds. The van der Waals surface area contributed by atoms with Crippen molar-refractivity contribution < 1.29 is 9.47 Å². The van der Waals surface area contributed by atoms with E-state index in [2.05, 4.69) is 15.1 Å². The first-order valence-electron chi connectivity index (χ1n) is 5.11. The van der Waals surface area contributed by atoms with E-state index < -0.39 is 0 Å². The van der Waals surface area contributed by atoms with Gasteiger partial charge in [-0.15, -0.1) is 0 Å². The molecule has 1 rings (SSSR count). The highest BCUT2D eigenvalue weighted by Crippen LogP contribution is 2.27. The first-order valence-corrected chi connectivity index (χ1v) is 5.99. The molecule has 0 saturated carbocycles. The van der Waals surface area contributed by atoms with Crippen LogP contribution in [-0.2, 0) is 0 Å². The molecular formula is C10H16N4O2S. The van der Waals surface area contributed by atoms with Crippen LogP contribution in [0.2, 0.25) is 0 Å². The fourth-order valence-corrected chi connectivity index (χ4v) is 1.89. The van der Waals surface area contributed by atoms with Crippen molar-refractivity contribution in [3.63, 3.8) is 0 Å². The summed E-state index contributed by atoms with van der Waals surface area (Å²) in [7, 11) is 3.09. The standard InChI is InChI=1S/C10H16N4O2S/c1-6(14-11)7(2)17-10-12-8(15-3)5-9(13-10)16-4/h5-7,11H,1-4H3. The van der Waals surface area contributed by atoms with Crippen LogP contribution in [0.1, 0.15) is 13.8 Å². The van der Waals surface area contributed by atoms with Crippen LogP contribution >= 0.6 is 11.8 Å². The molecule has 0 bridgehead atoms.